The molecule has 1 aliphatic carbocycles. The molecule has 1 heterocycles. The van der Waals surface area contributed by atoms with Crippen molar-refractivity contribution in [2.45, 2.75) is 51.5 Å². The van der Waals surface area contributed by atoms with Crippen molar-refractivity contribution in [3.8, 4) is 0 Å². The number of carbonyl (C=O) groups excluding carboxylic acids is 1. The van der Waals surface area contributed by atoms with Gasteiger partial charge < -0.3 is 15.5 Å². The summed E-state index contributed by atoms with van der Waals surface area (Å²) in [5.41, 5.74) is 2.66. The number of rotatable bonds is 6. The monoisotopic (exact) mass is 329 g/mol. The Labute approximate surface area is 146 Å². The van der Waals surface area contributed by atoms with E-state index < -0.39 is 0 Å². The Balaban J connectivity index is 1.29. The van der Waals surface area contributed by atoms with Gasteiger partial charge in [-0.05, 0) is 68.7 Å². The number of hydrogen-bond acceptors (Lipinski definition) is 2. The standard InChI is InChI=1S/C20H31N3O/c1-16-7-6-14-23(15-16)13-5-4-12-21-20(24)22-19-11-10-17-8-2-3-9-18(17)19/h2-3,8-9,16,19H,4-7,10-15H2,1H3,(H2,21,22,24)/t16-,19-/m0/s1. The summed E-state index contributed by atoms with van der Waals surface area (Å²) in [5, 5.41) is 6.14. The summed E-state index contributed by atoms with van der Waals surface area (Å²) >= 11 is 0. The summed E-state index contributed by atoms with van der Waals surface area (Å²) in [5.74, 6) is 0.844. The first-order valence-corrected chi connectivity index (χ1v) is 9.57. The summed E-state index contributed by atoms with van der Waals surface area (Å²) in [6.07, 6.45) is 7.02. The highest BCUT2D eigenvalue weighted by Crippen LogP contribution is 2.30. The molecule has 0 spiro atoms. The molecule has 1 aromatic rings. The molecule has 1 fully saturated rings. The Morgan fingerprint density at radius 1 is 1.25 bits per heavy atom. The van der Waals surface area contributed by atoms with Crippen molar-refractivity contribution in [3.05, 3.63) is 35.4 Å². The van der Waals surface area contributed by atoms with Crippen LogP contribution in [0.2, 0.25) is 0 Å². The maximum atomic E-state index is 12.1. The summed E-state index contributed by atoms with van der Waals surface area (Å²) in [6.45, 7) is 6.78. The molecule has 2 amide bonds. The number of benzene rings is 1. The molecule has 2 atom stereocenters. The number of likely N-dealkylation sites (tertiary alicyclic amines) is 1. The van der Waals surface area contributed by atoms with Crippen LogP contribution in [0.5, 0.6) is 0 Å². The van der Waals surface area contributed by atoms with E-state index in [1.807, 2.05) is 0 Å². The van der Waals surface area contributed by atoms with Gasteiger partial charge >= 0.3 is 6.03 Å². The molecule has 4 nitrogen and oxygen atoms in total. The highest BCUT2D eigenvalue weighted by molar-refractivity contribution is 5.74. The number of carbonyl (C=O) groups is 1. The van der Waals surface area contributed by atoms with Gasteiger partial charge in [0.15, 0.2) is 0 Å². The van der Waals surface area contributed by atoms with Crippen LogP contribution in [-0.4, -0.2) is 37.1 Å². The fourth-order valence-electron chi connectivity index (χ4n) is 4.07. The van der Waals surface area contributed by atoms with Crippen LogP contribution in [0.3, 0.4) is 0 Å². The third-order valence-corrected chi connectivity index (χ3v) is 5.37. The molecule has 0 bridgehead atoms. The Hall–Kier alpha value is -1.55. The molecular weight excluding hydrogens is 298 g/mol. The zero-order valence-electron chi connectivity index (χ0n) is 14.9. The van der Waals surface area contributed by atoms with Crippen molar-refractivity contribution >= 4 is 6.03 Å². The molecule has 2 N–H and O–H groups in total. The first-order valence-electron chi connectivity index (χ1n) is 9.57. The van der Waals surface area contributed by atoms with Crippen LogP contribution in [0, 0.1) is 5.92 Å². The van der Waals surface area contributed by atoms with Crippen LogP contribution in [0.15, 0.2) is 24.3 Å². The first-order chi connectivity index (χ1) is 11.7. The Bertz CT molecular complexity index is 545. The number of urea groups is 1. The third-order valence-electron chi connectivity index (χ3n) is 5.37. The van der Waals surface area contributed by atoms with E-state index in [9.17, 15) is 4.79 Å². The van der Waals surface area contributed by atoms with Crippen molar-refractivity contribution in [1.82, 2.24) is 15.5 Å². The SMILES string of the molecule is C[C@H]1CCCN(CCCCNC(=O)N[C@H]2CCc3ccccc32)C1. The summed E-state index contributed by atoms with van der Waals surface area (Å²) in [7, 11) is 0. The lowest BCUT2D eigenvalue weighted by molar-refractivity contribution is 0.181. The fraction of sp³-hybridized carbons (Fsp3) is 0.650. The van der Waals surface area contributed by atoms with Gasteiger partial charge in [0.25, 0.3) is 0 Å². The molecule has 0 unspecified atom stereocenters. The van der Waals surface area contributed by atoms with E-state index >= 15 is 0 Å². The lowest BCUT2D eigenvalue weighted by atomic mass is 10.0. The quantitative estimate of drug-likeness (QED) is 0.785. The molecule has 1 aliphatic heterocycles. The number of nitrogens with one attached hydrogen (secondary N) is 2. The lowest BCUT2D eigenvalue weighted by Crippen LogP contribution is -2.38. The van der Waals surface area contributed by atoms with Crippen LogP contribution in [-0.2, 0) is 6.42 Å². The van der Waals surface area contributed by atoms with Gasteiger partial charge in [0.1, 0.15) is 0 Å². The second-order valence-electron chi connectivity index (χ2n) is 7.45. The molecule has 0 saturated carbocycles. The van der Waals surface area contributed by atoms with Crippen LogP contribution < -0.4 is 10.6 Å². The molecule has 0 aromatic heterocycles. The van der Waals surface area contributed by atoms with E-state index in [2.05, 4.69) is 46.7 Å². The maximum absolute atomic E-state index is 12.1. The van der Waals surface area contributed by atoms with Crippen LogP contribution in [0.25, 0.3) is 0 Å². The highest BCUT2D eigenvalue weighted by Gasteiger charge is 2.23. The molecule has 132 valence electrons. The molecule has 3 rings (SSSR count). The molecule has 1 aromatic carbocycles. The van der Waals surface area contributed by atoms with Crippen LogP contribution >= 0.6 is 0 Å². The number of nitrogens with zero attached hydrogens (tertiary/aromatic N) is 1. The van der Waals surface area contributed by atoms with Crippen molar-refractivity contribution in [2.75, 3.05) is 26.2 Å². The van der Waals surface area contributed by atoms with E-state index in [1.165, 1.54) is 50.0 Å². The van der Waals surface area contributed by atoms with Gasteiger partial charge in [-0.15, -0.1) is 0 Å². The number of hydrogen-bond donors (Lipinski definition) is 2. The van der Waals surface area contributed by atoms with Crippen LogP contribution in [0.4, 0.5) is 4.79 Å². The molecule has 2 aliphatic rings. The lowest BCUT2D eigenvalue weighted by Gasteiger charge is -2.30. The van der Waals surface area contributed by atoms with Crippen LogP contribution in [0.1, 0.15) is 56.2 Å². The average Bonchev–Trinajstić information content (AvgIpc) is 2.98. The normalized spacial score (nSPS) is 23.7. The predicted molar refractivity (Wildman–Crippen MR) is 98.1 cm³/mol. The second kappa shape index (κ2) is 8.52. The molecule has 24 heavy (non-hydrogen) atoms. The largest absolute Gasteiger partial charge is 0.338 e. The molecule has 1 saturated heterocycles. The minimum atomic E-state index is -0.0247. The van der Waals surface area contributed by atoms with Crippen molar-refractivity contribution in [2.24, 2.45) is 5.92 Å². The minimum Gasteiger partial charge on any atom is -0.338 e. The van der Waals surface area contributed by atoms with Crippen molar-refractivity contribution < 1.29 is 4.79 Å². The van der Waals surface area contributed by atoms with Gasteiger partial charge in [-0.25, -0.2) is 4.79 Å². The number of piperidine rings is 1. The van der Waals surface area contributed by atoms with Crippen molar-refractivity contribution in [3.63, 3.8) is 0 Å². The maximum Gasteiger partial charge on any atom is 0.315 e. The third kappa shape index (κ3) is 4.73. The fourth-order valence-corrected chi connectivity index (χ4v) is 4.07. The zero-order valence-corrected chi connectivity index (χ0v) is 14.9. The van der Waals surface area contributed by atoms with Gasteiger partial charge in [-0.1, -0.05) is 31.2 Å². The number of amides is 2. The Morgan fingerprint density at radius 3 is 3.00 bits per heavy atom. The molecular formula is C20H31N3O. The smallest absolute Gasteiger partial charge is 0.315 e. The van der Waals surface area contributed by atoms with E-state index in [0.29, 0.717) is 0 Å². The molecule has 0 radical (unpaired) electrons. The van der Waals surface area contributed by atoms with E-state index in [1.54, 1.807) is 0 Å². The number of aryl methyl sites for hydroxylation is 1. The van der Waals surface area contributed by atoms with Gasteiger partial charge in [0, 0.05) is 13.1 Å². The average molecular weight is 329 g/mol. The topological polar surface area (TPSA) is 44.4 Å². The summed E-state index contributed by atoms with van der Waals surface area (Å²) in [6, 6.07) is 8.57. The van der Waals surface area contributed by atoms with Gasteiger partial charge in [-0.3, -0.25) is 0 Å². The first kappa shape index (κ1) is 17.3. The van der Waals surface area contributed by atoms with E-state index in [-0.39, 0.29) is 12.1 Å². The second-order valence-corrected chi connectivity index (χ2v) is 7.45. The summed E-state index contributed by atoms with van der Waals surface area (Å²) < 4.78 is 0. The molecule has 4 heteroatoms. The Morgan fingerprint density at radius 2 is 2.12 bits per heavy atom. The number of fused-ring (bicyclic) bond motifs is 1. The Kier molecular flexibility index (Phi) is 6.13. The predicted octanol–water partition coefficient (Wildman–Crippen LogP) is 3.49. The minimum absolute atomic E-state index is 0.0247. The van der Waals surface area contributed by atoms with E-state index in [0.717, 1.165) is 31.7 Å². The highest BCUT2D eigenvalue weighted by atomic mass is 16.2. The van der Waals surface area contributed by atoms with Gasteiger partial charge in [0.05, 0.1) is 6.04 Å². The van der Waals surface area contributed by atoms with Gasteiger partial charge in [0.2, 0.25) is 0 Å². The summed E-state index contributed by atoms with van der Waals surface area (Å²) in [4.78, 5) is 14.7. The van der Waals surface area contributed by atoms with Crippen molar-refractivity contribution in [1.29, 1.82) is 0 Å². The van der Waals surface area contributed by atoms with E-state index in [4.69, 9.17) is 0 Å². The number of unbranched alkanes of at least 4 members (excludes halogenated alkanes) is 1. The van der Waals surface area contributed by atoms with Gasteiger partial charge in [-0.2, -0.15) is 0 Å². The zero-order chi connectivity index (χ0) is 16.8.